The molecule has 0 amide bonds. The van der Waals surface area contributed by atoms with E-state index in [9.17, 15) is 14.4 Å². The molecule has 0 rings (SSSR count). The summed E-state index contributed by atoms with van der Waals surface area (Å²) in [5.74, 6) is -0.931. The van der Waals surface area contributed by atoms with Gasteiger partial charge in [0.1, 0.15) is 13.2 Å². The van der Waals surface area contributed by atoms with Gasteiger partial charge in [0, 0.05) is 19.3 Å². The van der Waals surface area contributed by atoms with Crippen LogP contribution in [-0.2, 0) is 28.6 Å². The van der Waals surface area contributed by atoms with Crippen molar-refractivity contribution in [3.63, 3.8) is 0 Å². The number of rotatable bonds is 54. The summed E-state index contributed by atoms with van der Waals surface area (Å²) in [4.78, 5) is 38.2. The first-order chi connectivity index (χ1) is 34.0. The topological polar surface area (TPSA) is 78.9 Å². The maximum Gasteiger partial charge on any atom is 0.306 e. The summed E-state index contributed by atoms with van der Waals surface area (Å²) in [6, 6.07) is 0. The average molecular weight is 966 g/mol. The van der Waals surface area contributed by atoms with Gasteiger partial charge in [-0.2, -0.15) is 0 Å². The third kappa shape index (κ3) is 55.9. The van der Waals surface area contributed by atoms with Crippen molar-refractivity contribution in [1.82, 2.24) is 0 Å². The predicted molar refractivity (Wildman–Crippen MR) is 298 cm³/mol. The van der Waals surface area contributed by atoms with Crippen molar-refractivity contribution in [1.29, 1.82) is 0 Å². The molecule has 0 fully saturated rings. The third-order valence-electron chi connectivity index (χ3n) is 13.0. The molecule has 69 heavy (non-hydrogen) atoms. The van der Waals surface area contributed by atoms with Crippen molar-refractivity contribution in [2.24, 2.45) is 0 Å². The van der Waals surface area contributed by atoms with Crippen LogP contribution in [0.1, 0.15) is 303 Å². The SMILES string of the molecule is CC/C=C\C/C=C\C/C=C\C/C=C\C/C=C\CCCC(=O)OC[C@@H](COC(=O)CCCCCCCCCCCCCCCCCCC)OC(=O)CCCCCCCCCCCCCCCCCCC. The fourth-order valence-electron chi connectivity index (χ4n) is 8.60. The summed E-state index contributed by atoms with van der Waals surface area (Å²) in [5, 5.41) is 0. The molecule has 0 aromatic rings. The smallest absolute Gasteiger partial charge is 0.306 e. The Morgan fingerprint density at radius 1 is 0.304 bits per heavy atom. The molecule has 0 bridgehead atoms. The lowest BCUT2D eigenvalue weighted by Crippen LogP contribution is -2.30. The molecule has 1 atom stereocenters. The van der Waals surface area contributed by atoms with Crippen LogP contribution in [0, 0.1) is 0 Å². The first kappa shape index (κ1) is 66.1. The lowest BCUT2D eigenvalue weighted by molar-refractivity contribution is -0.167. The first-order valence-electron chi connectivity index (χ1n) is 29.8. The van der Waals surface area contributed by atoms with Crippen molar-refractivity contribution in [2.75, 3.05) is 13.2 Å². The van der Waals surface area contributed by atoms with E-state index in [2.05, 4.69) is 81.5 Å². The standard InChI is InChI=1S/C63H112O6/c1-4-7-10-13-16-19-22-25-28-31-34-37-40-43-46-49-52-55-61(64)67-58-60(69-63(66)57-54-51-48-45-42-39-36-33-30-27-24-21-18-15-12-9-6-3)59-68-62(65)56-53-50-47-44-41-38-35-32-29-26-23-20-17-14-11-8-5-2/h7,10,16,19,25,28,34,37,43,46,60H,4-6,8-9,11-15,17-18,20-24,26-27,29-33,35-36,38-42,44-45,47-59H2,1-3H3/b10-7-,19-16-,28-25-,37-34-,46-43-/t60-/m0/s1. The highest BCUT2D eigenvalue weighted by Crippen LogP contribution is 2.17. The third-order valence-corrected chi connectivity index (χ3v) is 13.0. The van der Waals surface area contributed by atoms with Gasteiger partial charge in [0.05, 0.1) is 0 Å². The second kappa shape index (κ2) is 57.7. The summed E-state index contributed by atoms with van der Waals surface area (Å²) in [7, 11) is 0. The summed E-state index contributed by atoms with van der Waals surface area (Å²) < 4.78 is 16.9. The van der Waals surface area contributed by atoms with Crippen LogP contribution in [0.4, 0.5) is 0 Å². The second-order valence-corrected chi connectivity index (χ2v) is 19.9. The van der Waals surface area contributed by atoms with Crippen LogP contribution in [0.5, 0.6) is 0 Å². The molecule has 0 saturated heterocycles. The maximum atomic E-state index is 12.9. The van der Waals surface area contributed by atoms with Gasteiger partial charge in [0.15, 0.2) is 6.10 Å². The minimum absolute atomic E-state index is 0.0874. The van der Waals surface area contributed by atoms with E-state index in [-0.39, 0.29) is 37.5 Å². The van der Waals surface area contributed by atoms with E-state index >= 15 is 0 Å². The monoisotopic (exact) mass is 965 g/mol. The van der Waals surface area contributed by atoms with Gasteiger partial charge in [-0.05, 0) is 57.8 Å². The van der Waals surface area contributed by atoms with E-state index in [0.29, 0.717) is 19.3 Å². The maximum absolute atomic E-state index is 12.9. The fourth-order valence-corrected chi connectivity index (χ4v) is 8.60. The van der Waals surface area contributed by atoms with Gasteiger partial charge in [-0.25, -0.2) is 0 Å². The zero-order chi connectivity index (χ0) is 50.0. The van der Waals surface area contributed by atoms with E-state index in [1.165, 1.54) is 180 Å². The van der Waals surface area contributed by atoms with Crippen molar-refractivity contribution in [3.05, 3.63) is 60.8 Å². The van der Waals surface area contributed by atoms with Gasteiger partial charge < -0.3 is 14.2 Å². The second-order valence-electron chi connectivity index (χ2n) is 19.9. The summed E-state index contributed by atoms with van der Waals surface area (Å²) in [5.41, 5.74) is 0. The molecule has 0 N–H and O–H groups in total. The van der Waals surface area contributed by atoms with Crippen LogP contribution in [0.3, 0.4) is 0 Å². The molecule has 6 nitrogen and oxygen atoms in total. The Hall–Kier alpha value is -2.89. The molecule has 0 unspecified atom stereocenters. The molecule has 0 aromatic carbocycles. The van der Waals surface area contributed by atoms with Gasteiger partial charge in [-0.15, -0.1) is 0 Å². The van der Waals surface area contributed by atoms with E-state index in [1.54, 1.807) is 0 Å². The van der Waals surface area contributed by atoms with Gasteiger partial charge in [-0.3, -0.25) is 14.4 Å². The lowest BCUT2D eigenvalue weighted by atomic mass is 10.0. The number of carbonyl (C=O) groups is 3. The highest BCUT2D eigenvalue weighted by molar-refractivity contribution is 5.71. The Labute approximate surface area is 428 Å². The molecule has 0 radical (unpaired) electrons. The van der Waals surface area contributed by atoms with Gasteiger partial charge >= 0.3 is 17.9 Å². The molecular weight excluding hydrogens is 853 g/mol. The Bertz CT molecular complexity index is 1250. The van der Waals surface area contributed by atoms with Gasteiger partial charge in [-0.1, -0.05) is 287 Å². The summed E-state index contributed by atoms with van der Waals surface area (Å²) in [6.45, 7) is 6.52. The molecule has 0 aliphatic rings. The number of hydrogen-bond acceptors (Lipinski definition) is 6. The highest BCUT2D eigenvalue weighted by Gasteiger charge is 2.19. The van der Waals surface area contributed by atoms with Gasteiger partial charge in [0.25, 0.3) is 0 Å². The summed E-state index contributed by atoms with van der Waals surface area (Å²) in [6.07, 6.45) is 72.2. The number of allylic oxidation sites excluding steroid dienone is 10. The van der Waals surface area contributed by atoms with E-state index in [0.717, 1.165) is 77.0 Å². The molecule has 0 spiro atoms. The van der Waals surface area contributed by atoms with E-state index < -0.39 is 6.10 Å². The average Bonchev–Trinajstić information content (AvgIpc) is 3.35. The fraction of sp³-hybridized carbons (Fsp3) is 0.794. The number of esters is 3. The number of unbranched alkanes of at least 4 members (excludes halogenated alkanes) is 33. The van der Waals surface area contributed by atoms with Crippen LogP contribution in [0.15, 0.2) is 60.8 Å². The lowest BCUT2D eigenvalue weighted by Gasteiger charge is -2.18. The molecule has 0 heterocycles. The number of ether oxygens (including phenoxy) is 3. The highest BCUT2D eigenvalue weighted by atomic mass is 16.6. The Morgan fingerprint density at radius 3 is 0.884 bits per heavy atom. The largest absolute Gasteiger partial charge is 0.462 e. The van der Waals surface area contributed by atoms with Crippen LogP contribution < -0.4 is 0 Å². The van der Waals surface area contributed by atoms with Crippen molar-refractivity contribution >= 4 is 17.9 Å². The van der Waals surface area contributed by atoms with Crippen LogP contribution in [-0.4, -0.2) is 37.2 Å². The molecule has 0 aromatic heterocycles. The van der Waals surface area contributed by atoms with Gasteiger partial charge in [0.2, 0.25) is 0 Å². The zero-order valence-corrected chi connectivity index (χ0v) is 45.8. The van der Waals surface area contributed by atoms with Crippen molar-refractivity contribution < 1.29 is 28.6 Å². The molecule has 6 heteroatoms. The minimum atomic E-state index is -0.794. The molecule has 0 aliphatic carbocycles. The van der Waals surface area contributed by atoms with Crippen LogP contribution >= 0.6 is 0 Å². The molecule has 400 valence electrons. The number of carbonyl (C=O) groups excluding carboxylic acids is 3. The van der Waals surface area contributed by atoms with Crippen molar-refractivity contribution in [2.45, 2.75) is 309 Å². The van der Waals surface area contributed by atoms with Crippen LogP contribution in [0.25, 0.3) is 0 Å². The van der Waals surface area contributed by atoms with Crippen molar-refractivity contribution in [3.8, 4) is 0 Å². The zero-order valence-electron chi connectivity index (χ0n) is 45.8. The molecule has 0 aliphatic heterocycles. The van der Waals surface area contributed by atoms with Crippen LogP contribution in [0.2, 0.25) is 0 Å². The van der Waals surface area contributed by atoms with E-state index in [1.807, 2.05) is 0 Å². The first-order valence-corrected chi connectivity index (χ1v) is 29.8. The predicted octanol–water partition coefficient (Wildman–Crippen LogP) is 20.0. The minimum Gasteiger partial charge on any atom is -0.462 e. The molecule has 0 saturated carbocycles. The Balaban J connectivity index is 4.42. The molecular formula is C63H112O6. The Kier molecular flexibility index (Phi) is 55.3. The summed E-state index contributed by atoms with van der Waals surface area (Å²) >= 11 is 0. The quantitative estimate of drug-likeness (QED) is 0.0262. The normalized spacial score (nSPS) is 12.4. The number of hydrogen-bond donors (Lipinski definition) is 0. The van der Waals surface area contributed by atoms with E-state index in [4.69, 9.17) is 14.2 Å². The Morgan fingerprint density at radius 2 is 0.565 bits per heavy atom.